The Bertz CT molecular complexity index is 1480. The number of anilines is 3. The number of rotatable bonds is 6. The number of pyridine rings is 1. The summed E-state index contributed by atoms with van der Waals surface area (Å²) in [6.45, 7) is 6.83. The smallest absolute Gasteiger partial charge is 0.242 e. The first-order valence-electron chi connectivity index (χ1n) is 12.8. The zero-order valence-corrected chi connectivity index (χ0v) is 22.6. The van der Waals surface area contributed by atoms with Gasteiger partial charge in [-0.25, -0.2) is 4.98 Å². The lowest BCUT2D eigenvalue weighted by atomic mass is 10.1. The van der Waals surface area contributed by atoms with Gasteiger partial charge in [-0.15, -0.1) is 0 Å². The van der Waals surface area contributed by atoms with Gasteiger partial charge in [-0.1, -0.05) is 29.3 Å². The molecular formula is C27H28Cl2N8O. The van der Waals surface area contributed by atoms with E-state index in [1.165, 1.54) is 11.3 Å². The third kappa shape index (κ3) is 4.50. The number of nitrogens with one attached hydrogen (secondary N) is 1. The summed E-state index contributed by atoms with van der Waals surface area (Å²) in [7, 11) is 0. The third-order valence-corrected chi connectivity index (χ3v) is 7.89. The van der Waals surface area contributed by atoms with Crippen molar-refractivity contribution in [2.24, 2.45) is 0 Å². The summed E-state index contributed by atoms with van der Waals surface area (Å²) in [5, 5.41) is 4.42. The van der Waals surface area contributed by atoms with Crippen LogP contribution in [0.15, 0.2) is 49.2 Å². The lowest BCUT2D eigenvalue weighted by Crippen LogP contribution is -2.50. The molecule has 0 atom stereocenters. The Morgan fingerprint density at radius 2 is 1.82 bits per heavy atom. The van der Waals surface area contributed by atoms with Crippen LogP contribution in [0.3, 0.4) is 0 Å². The number of nitrogens with zero attached hydrogens (tertiary/aromatic N) is 7. The van der Waals surface area contributed by atoms with Crippen LogP contribution < -0.4 is 15.1 Å². The van der Waals surface area contributed by atoms with E-state index in [0.717, 1.165) is 47.9 Å². The SMILES string of the molecule is CCN1CCc2cc(-c3nc4cnccn4c3NCC(=O)N3CCN(c4c(Cl)cncc4Cl)CC3)ccc21. The van der Waals surface area contributed by atoms with Gasteiger partial charge in [0.1, 0.15) is 11.5 Å². The summed E-state index contributed by atoms with van der Waals surface area (Å²) in [5.41, 5.74) is 5.96. The minimum Gasteiger partial charge on any atom is -0.371 e. The van der Waals surface area contributed by atoms with Crippen LogP contribution in [0.2, 0.25) is 10.0 Å². The quantitative estimate of drug-likeness (QED) is 0.384. The average molecular weight is 551 g/mol. The summed E-state index contributed by atoms with van der Waals surface area (Å²) in [5.74, 6) is 0.814. The predicted octanol–water partition coefficient (Wildman–Crippen LogP) is 4.24. The van der Waals surface area contributed by atoms with E-state index in [2.05, 4.69) is 50.2 Å². The van der Waals surface area contributed by atoms with Gasteiger partial charge in [-0.05, 0) is 31.0 Å². The topological polar surface area (TPSA) is 81.9 Å². The van der Waals surface area contributed by atoms with Crippen molar-refractivity contribution in [3.63, 3.8) is 0 Å². The standard InChI is InChI=1S/C27H28Cl2N8O/c1-2-34-7-5-18-13-19(3-4-22(18)34)25-27(37-8-6-30-16-23(37)33-25)32-17-24(38)35-9-11-36(12-10-35)26-20(28)14-31-15-21(26)29/h3-4,6,8,13-16,32H,2,5,7,9-12,17H2,1H3. The number of carbonyl (C=O) groups excluding carboxylic acids is 1. The van der Waals surface area contributed by atoms with Crippen molar-refractivity contribution in [2.45, 2.75) is 13.3 Å². The van der Waals surface area contributed by atoms with Crippen LogP contribution in [0.4, 0.5) is 17.2 Å². The van der Waals surface area contributed by atoms with Crippen molar-refractivity contribution in [3.8, 4) is 11.3 Å². The van der Waals surface area contributed by atoms with Crippen LogP contribution in [0.5, 0.6) is 0 Å². The number of hydrogen-bond acceptors (Lipinski definition) is 7. The molecule has 9 nitrogen and oxygen atoms in total. The number of aromatic nitrogens is 4. The molecule has 1 fully saturated rings. The van der Waals surface area contributed by atoms with Crippen molar-refractivity contribution in [1.29, 1.82) is 0 Å². The molecule has 1 N–H and O–H groups in total. The van der Waals surface area contributed by atoms with Gasteiger partial charge in [0.25, 0.3) is 0 Å². The molecule has 196 valence electrons. The zero-order valence-electron chi connectivity index (χ0n) is 21.1. The van der Waals surface area contributed by atoms with Gasteiger partial charge in [0.05, 0.1) is 28.5 Å². The molecule has 38 heavy (non-hydrogen) atoms. The summed E-state index contributed by atoms with van der Waals surface area (Å²) in [6, 6.07) is 6.52. The van der Waals surface area contributed by atoms with Gasteiger partial charge in [0.15, 0.2) is 5.65 Å². The second-order valence-electron chi connectivity index (χ2n) is 9.46. The normalized spacial score (nSPS) is 15.3. The monoisotopic (exact) mass is 550 g/mol. The minimum absolute atomic E-state index is 0.0269. The summed E-state index contributed by atoms with van der Waals surface area (Å²) in [6.07, 6.45) is 9.53. The molecule has 0 spiro atoms. The molecule has 0 aliphatic carbocycles. The second-order valence-corrected chi connectivity index (χ2v) is 10.3. The predicted molar refractivity (Wildman–Crippen MR) is 152 cm³/mol. The van der Waals surface area contributed by atoms with Crippen LogP contribution in [0, 0.1) is 0 Å². The summed E-state index contributed by atoms with van der Waals surface area (Å²) >= 11 is 12.7. The Morgan fingerprint density at radius 1 is 1.03 bits per heavy atom. The second kappa shape index (κ2) is 10.3. The molecule has 2 aliphatic rings. The number of benzene rings is 1. The van der Waals surface area contributed by atoms with Crippen LogP contribution in [-0.2, 0) is 11.2 Å². The number of piperazine rings is 1. The Kier molecular flexibility index (Phi) is 6.71. The maximum atomic E-state index is 13.2. The van der Waals surface area contributed by atoms with Gasteiger partial charge >= 0.3 is 0 Å². The van der Waals surface area contributed by atoms with Crippen molar-refractivity contribution >= 4 is 51.9 Å². The first-order chi connectivity index (χ1) is 18.5. The molecule has 2 aliphatic heterocycles. The van der Waals surface area contributed by atoms with Gasteiger partial charge in [0, 0.05) is 75.3 Å². The Balaban J connectivity index is 1.18. The van der Waals surface area contributed by atoms with E-state index in [1.54, 1.807) is 24.8 Å². The van der Waals surface area contributed by atoms with E-state index in [0.29, 0.717) is 36.2 Å². The first kappa shape index (κ1) is 24.8. The third-order valence-electron chi connectivity index (χ3n) is 7.34. The molecule has 1 amide bonds. The lowest BCUT2D eigenvalue weighted by molar-refractivity contribution is -0.129. The van der Waals surface area contributed by atoms with E-state index >= 15 is 0 Å². The first-order valence-corrected chi connectivity index (χ1v) is 13.5. The molecule has 4 aromatic rings. The highest BCUT2D eigenvalue weighted by Crippen LogP contribution is 2.35. The highest BCUT2D eigenvalue weighted by molar-refractivity contribution is 6.38. The molecule has 0 saturated carbocycles. The average Bonchev–Trinajstić information content (AvgIpc) is 3.52. The number of amides is 1. The van der Waals surface area contributed by atoms with Gasteiger partial charge in [-0.3, -0.25) is 19.2 Å². The van der Waals surface area contributed by atoms with Gasteiger partial charge in [0.2, 0.25) is 5.91 Å². The van der Waals surface area contributed by atoms with Crippen molar-refractivity contribution in [3.05, 3.63) is 64.8 Å². The molecular weight excluding hydrogens is 523 g/mol. The van der Waals surface area contributed by atoms with Crippen molar-refractivity contribution in [1.82, 2.24) is 24.3 Å². The van der Waals surface area contributed by atoms with Crippen LogP contribution in [-0.4, -0.2) is 76.0 Å². The largest absolute Gasteiger partial charge is 0.371 e. The molecule has 11 heteroatoms. The van der Waals surface area contributed by atoms with Crippen molar-refractivity contribution < 1.29 is 4.79 Å². The van der Waals surface area contributed by atoms with Gasteiger partial charge < -0.3 is 20.0 Å². The van der Waals surface area contributed by atoms with Crippen LogP contribution >= 0.6 is 23.2 Å². The van der Waals surface area contributed by atoms with Crippen LogP contribution in [0.25, 0.3) is 16.9 Å². The van der Waals surface area contributed by atoms with E-state index in [4.69, 9.17) is 28.2 Å². The zero-order chi connectivity index (χ0) is 26.2. The maximum Gasteiger partial charge on any atom is 0.242 e. The van der Waals surface area contributed by atoms with Crippen LogP contribution in [0.1, 0.15) is 12.5 Å². The Labute approximate surface area is 231 Å². The lowest BCUT2D eigenvalue weighted by Gasteiger charge is -2.36. The van der Waals surface area contributed by atoms with Crippen molar-refractivity contribution in [2.75, 3.05) is 60.9 Å². The summed E-state index contributed by atoms with van der Waals surface area (Å²) < 4.78 is 1.95. The molecule has 1 saturated heterocycles. The molecule has 5 heterocycles. The van der Waals surface area contributed by atoms with E-state index in [1.807, 2.05) is 15.5 Å². The molecule has 3 aromatic heterocycles. The fraction of sp³-hybridized carbons (Fsp3) is 0.333. The number of hydrogen-bond donors (Lipinski definition) is 1. The van der Waals surface area contributed by atoms with E-state index in [-0.39, 0.29) is 12.5 Å². The van der Waals surface area contributed by atoms with E-state index < -0.39 is 0 Å². The minimum atomic E-state index is 0.0269. The summed E-state index contributed by atoms with van der Waals surface area (Å²) in [4.78, 5) is 32.7. The molecule has 6 rings (SSSR count). The number of imidazole rings is 1. The number of likely N-dealkylation sites (N-methyl/N-ethyl adjacent to an activating group) is 1. The Hall–Kier alpha value is -3.56. The molecule has 1 aromatic carbocycles. The highest BCUT2D eigenvalue weighted by atomic mass is 35.5. The molecule has 0 bridgehead atoms. The number of carbonyl (C=O) groups is 1. The highest BCUT2D eigenvalue weighted by Gasteiger charge is 2.25. The number of halogens is 2. The van der Waals surface area contributed by atoms with E-state index in [9.17, 15) is 4.79 Å². The number of fused-ring (bicyclic) bond motifs is 2. The molecule has 0 unspecified atom stereocenters. The fourth-order valence-electron chi connectivity index (χ4n) is 5.38. The fourth-order valence-corrected chi connectivity index (χ4v) is 5.98. The molecule has 0 radical (unpaired) electrons. The maximum absolute atomic E-state index is 13.2. The van der Waals surface area contributed by atoms with Gasteiger partial charge in [-0.2, -0.15) is 0 Å². The Morgan fingerprint density at radius 3 is 2.58 bits per heavy atom.